The van der Waals surface area contributed by atoms with Gasteiger partial charge in [-0.2, -0.15) is 0 Å². The maximum atomic E-state index is 6.01. The molecular weight excluding hydrogens is 304 g/mol. The van der Waals surface area contributed by atoms with E-state index in [4.69, 9.17) is 21.9 Å². The smallest absolute Gasteiger partial charge is 0.186 e. The second kappa shape index (κ2) is 4.90. The standard InChI is InChI=1S/C16H13ClN2OS/c17-11-6-4-9(5-7-11)14-15(20-19-16(14)18)13-8-10-2-1-3-12(10)21-13/h4-8H,1-3H2,(H2,18,19). The molecule has 1 aliphatic rings. The average Bonchev–Trinajstić information content (AvgIpc) is 3.13. The average molecular weight is 317 g/mol. The summed E-state index contributed by atoms with van der Waals surface area (Å²) in [6, 6.07) is 9.79. The fourth-order valence-corrected chi connectivity index (χ4v) is 4.17. The molecule has 2 aromatic heterocycles. The van der Waals surface area contributed by atoms with Crippen LogP contribution in [0.15, 0.2) is 34.9 Å². The van der Waals surface area contributed by atoms with Crippen LogP contribution in [0.3, 0.4) is 0 Å². The molecule has 5 heteroatoms. The van der Waals surface area contributed by atoms with Gasteiger partial charge in [-0.3, -0.25) is 0 Å². The summed E-state index contributed by atoms with van der Waals surface area (Å²) in [6.45, 7) is 0. The molecule has 2 N–H and O–H groups in total. The van der Waals surface area contributed by atoms with Crippen LogP contribution in [0, 0.1) is 0 Å². The van der Waals surface area contributed by atoms with Crippen LogP contribution in [0.25, 0.3) is 21.8 Å². The lowest BCUT2D eigenvalue weighted by atomic mass is 10.0. The van der Waals surface area contributed by atoms with Gasteiger partial charge in [0.1, 0.15) is 0 Å². The van der Waals surface area contributed by atoms with Crippen LogP contribution >= 0.6 is 22.9 Å². The molecule has 0 aliphatic heterocycles. The highest BCUT2D eigenvalue weighted by molar-refractivity contribution is 7.15. The van der Waals surface area contributed by atoms with E-state index in [0.29, 0.717) is 10.8 Å². The predicted octanol–water partition coefficient (Wildman–Crippen LogP) is 4.79. The first kappa shape index (κ1) is 12.9. The fraction of sp³-hybridized carbons (Fsp3) is 0.188. The second-order valence-corrected chi connectivity index (χ2v) is 6.76. The summed E-state index contributed by atoms with van der Waals surface area (Å²) in [5.74, 6) is 1.18. The number of benzene rings is 1. The zero-order chi connectivity index (χ0) is 14.4. The molecule has 0 amide bonds. The number of nitrogen functional groups attached to an aromatic ring is 1. The summed E-state index contributed by atoms with van der Waals surface area (Å²) >= 11 is 7.74. The van der Waals surface area contributed by atoms with Crippen molar-refractivity contribution in [1.29, 1.82) is 0 Å². The van der Waals surface area contributed by atoms with Gasteiger partial charge >= 0.3 is 0 Å². The number of fused-ring (bicyclic) bond motifs is 1. The quantitative estimate of drug-likeness (QED) is 0.739. The Hall–Kier alpha value is -1.78. The molecule has 2 heterocycles. The molecule has 106 valence electrons. The van der Waals surface area contributed by atoms with Crippen LogP contribution in [-0.4, -0.2) is 5.16 Å². The van der Waals surface area contributed by atoms with Gasteiger partial charge in [-0.1, -0.05) is 28.9 Å². The summed E-state index contributed by atoms with van der Waals surface area (Å²) in [7, 11) is 0. The molecule has 3 aromatic rings. The van der Waals surface area contributed by atoms with Gasteiger partial charge in [0, 0.05) is 9.90 Å². The van der Waals surface area contributed by atoms with E-state index < -0.39 is 0 Å². The fourth-order valence-electron chi connectivity index (χ4n) is 2.81. The second-order valence-electron chi connectivity index (χ2n) is 5.19. The van der Waals surface area contributed by atoms with E-state index in [0.717, 1.165) is 28.2 Å². The Morgan fingerprint density at radius 2 is 2.00 bits per heavy atom. The van der Waals surface area contributed by atoms with Crippen LogP contribution < -0.4 is 5.73 Å². The summed E-state index contributed by atoms with van der Waals surface area (Å²) < 4.78 is 5.51. The van der Waals surface area contributed by atoms with Gasteiger partial charge < -0.3 is 10.3 Å². The van der Waals surface area contributed by atoms with E-state index in [1.54, 1.807) is 11.3 Å². The number of rotatable bonds is 2. The van der Waals surface area contributed by atoms with Crippen molar-refractivity contribution >= 4 is 28.8 Å². The molecule has 3 nitrogen and oxygen atoms in total. The monoisotopic (exact) mass is 316 g/mol. The van der Waals surface area contributed by atoms with Crippen LogP contribution in [0.2, 0.25) is 5.02 Å². The van der Waals surface area contributed by atoms with Crippen LogP contribution in [0.1, 0.15) is 16.9 Å². The van der Waals surface area contributed by atoms with Crippen molar-refractivity contribution in [3.05, 3.63) is 45.8 Å². The molecule has 4 rings (SSSR count). The summed E-state index contributed by atoms with van der Waals surface area (Å²) in [6.07, 6.45) is 3.58. The minimum atomic E-state index is 0.417. The third kappa shape index (κ3) is 2.15. The van der Waals surface area contributed by atoms with E-state index >= 15 is 0 Å². The van der Waals surface area contributed by atoms with Crippen molar-refractivity contribution in [3.8, 4) is 21.8 Å². The zero-order valence-electron chi connectivity index (χ0n) is 11.2. The number of hydrogen-bond donors (Lipinski definition) is 1. The number of anilines is 1. The van der Waals surface area contributed by atoms with Crippen molar-refractivity contribution in [2.45, 2.75) is 19.3 Å². The van der Waals surface area contributed by atoms with Crippen LogP contribution in [-0.2, 0) is 12.8 Å². The van der Waals surface area contributed by atoms with E-state index in [1.165, 1.54) is 23.3 Å². The number of hydrogen-bond acceptors (Lipinski definition) is 4. The van der Waals surface area contributed by atoms with Gasteiger partial charge in [-0.05, 0) is 48.6 Å². The number of aryl methyl sites for hydroxylation is 2. The Bertz CT molecular complexity index is 783. The lowest BCUT2D eigenvalue weighted by Crippen LogP contribution is -1.88. The van der Waals surface area contributed by atoms with Gasteiger partial charge in [0.25, 0.3) is 0 Å². The minimum Gasteiger partial charge on any atom is -0.380 e. The van der Waals surface area contributed by atoms with E-state index in [9.17, 15) is 0 Å². The lowest BCUT2D eigenvalue weighted by Gasteiger charge is -2.01. The Morgan fingerprint density at radius 3 is 2.76 bits per heavy atom. The highest BCUT2D eigenvalue weighted by Gasteiger charge is 2.22. The van der Waals surface area contributed by atoms with Gasteiger partial charge in [-0.25, -0.2) is 0 Å². The molecule has 0 atom stereocenters. The first-order valence-corrected chi connectivity index (χ1v) is 8.05. The molecular formula is C16H13ClN2OS. The predicted molar refractivity (Wildman–Crippen MR) is 86.7 cm³/mol. The Balaban J connectivity index is 1.84. The topological polar surface area (TPSA) is 52.0 Å². The van der Waals surface area contributed by atoms with Gasteiger partial charge in [-0.15, -0.1) is 11.3 Å². The van der Waals surface area contributed by atoms with Crippen molar-refractivity contribution < 1.29 is 4.52 Å². The molecule has 21 heavy (non-hydrogen) atoms. The molecule has 1 aromatic carbocycles. The lowest BCUT2D eigenvalue weighted by molar-refractivity contribution is 0.437. The molecule has 0 saturated carbocycles. The van der Waals surface area contributed by atoms with Crippen molar-refractivity contribution in [3.63, 3.8) is 0 Å². The largest absolute Gasteiger partial charge is 0.380 e. The maximum absolute atomic E-state index is 6.01. The summed E-state index contributed by atoms with van der Waals surface area (Å²) in [5.41, 5.74) is 9.27. The molecule has 0 bridgehead atoms. The SMILES string of the molecule is Nc1noc(-c2cc3c(s2)CCC3)c1-c1ccc(Cl)cc1. The van der Waals surface area contributed by atoms with Crippen LogP contribution in [0.4, 0.5) is 5.82 Å². The summed E-state index contributed by atoms with van der Waals surface area (Å²) in [4.78, 5) is 2.57. The van der Waals surface area contributed by atoms with Crippen molar-refractivity contribution in [2.24, 2.45) is 0 Å². The number of halogens is 1. The molecule has 0 spiro atoms. The van der Waals surface area contributed by atoms with Crippen molar-refractivity contribution in [1.82, 2.24) is 5.16 Å². The first-order chi connectivity index (χ1) is 10.2. The van der Waals surface area contributed by atoms with E-state index in [2.05, 4.69) is 11.2 Å². The number of nitrogens with zero attached hydrogens (tertiary/aromatic N) is 1. The Morgan fingerprint density at radius 1 is 1.19 bits per heavy atom. The Kier molecular flexibility index (Phi) is 3.01. The molecule has 0 unspecified atom stereocenters. The first-order valence-electron chi connectivity index (χ1n) is 6.85. The number of thiophene rings is 1. The summed E-state index contributed by atoms with van der Waals surface area (Å²) in [5, 5.41) is 4.65. The number of aromatic nitrogens is 1. The highest BCUT2D eigenvalue weighted by Crippen LogP contribution is 2.42. The van der Waals surface area contributed by atoms with Gasteiger partial charge in [0.15, 0.2) is 11.6 Å². The van der Waals surface area contributed by atoms with E-state index in [1.807, 2.05) is 24.3 Å². The third-order valence-corrected chi connectivity index (χ3v) is 5.31. The molecule has 0 radical (unpaired) electrons. The van der Waals surface area contributed by atoms with Crippen molar-refractivity contribution in [2.75, 3.05) is 5.73 Å². The Labute approximate surface area is 131 Å². The normalized spacial score (nSPS) is 13.6. The zero-order valence-corrected chi connectivity index (χ0v) is 12.8. The molecule has 0 fully saturated rings. The number of nitrogens with two attached hydrogens (primary N) is 1. The van der Waals surface area contributed by atoms with Gasteiger partial charge in [0.05, 0.1) is 10.4 Å². The van der Waals surface area contributed by atoms with Crippen LogP contribution in [0.5, 0.6) is 0 Å². The molecule has 1 aliphatic carbocycles. The van der Waals surface area contributed by atoms with Gasteiger partial charge in [0.2, 0.25) is 0 Å². The van der Waals surface area contributed by atoms with E-state index in [-0.39, 0.29) is 0 Å². The minimum absolute atomic E-state index is 0.417. The molecule has 0 saturated heterocycles. The third-order valence-electron chi connectivity index (χ3n) is 3.82. The highest BCUT2D eigenvalue weighted by atomic mass is 35.5. The maximum Gasteiger partial charge on any atom is 0.186 e.